The van der Waals surface area contributed by atoms with Gasteiger partial charge in [-0.15, -0.1) is 0 Å². The summed E-state index contributed by atoms with van der Waals surface area (Å²) in [5.41, 5.74) is 2.35. The maximum Gasteiger partial charge on any atom is 0.191 e. The molecule has 1 atom stereocenters. The lowest BCUT2D eigenvalue weighted by Crippen LogP contribution is -2.41. The molecule has 2 aliphatic rings. The van der Waals surface area contributed by atoms with Crippen LogP contribution in [0.5, 0.6) is 5.75 Å². The van der Waals surface area contributed by atoms with Crippen LogP contribution in [0.2, 0.25) is 0 Å². The van der Waals surface area contributed by atoms with E-state index in [9.17, 15) is 0 Å². The first-order valence-corrected chi connectivity index (χ1v) is 10.8. The predicted octanol–water partition coefficient (Wildman–Crippen LogP) is 2.70. The summed E-state index contributed by atoms with van der Waals surface area (Å²) in [7, 11) is 1.82. The number of likely N-dealkylation sites (tertiary alicyclic amines) is 1. The van der Waals surface area contributed by atoms with Gasteiger partial charge in [-0.25, -0.2) is 0 Å². The second kappa shape index (κ2) is 11.3. The fourth-order valence-corrected chi connectivity index (χ4v) is 3.79. The third-order valence-electron chi connectivity index (χ3n) is 5.49. The van der Waals surface area contributed by atoms with E-state index < -0.39 is 0 Å². The van der Waals surface area contributed by atoms with E-state index in [1.165, 1.54) is 44.3 Å². The van der Waals surface area contributed by atoms with Crippen LogP contribution in [0, 0.1) is 6.92 Å². The Morgan fingerprint density at radius 3 is 2.75 bits per heavy atom. The Balaban J connectivity index is 1.47. The average Bonchev–Trinajstić information content (AvgIpc) is 3.07. The molecule has 2 saturated heterocycles. The van der Waals surface area contributed by atoms with Gasteiger partial charge < -0.3 is 25.0 Å². The molecule has 6 heteroatoms. The highest BCUT2D eigenvalue weighted by atomic mass is 16.5. The molecule has 1 aromatic carbocycles. The minimum Gasteiger partial charge on any atom is -0.488 e. The lowest BCUT2D eigenvalue weighted by Gasteiger charge is -2.21. The van der Waals surface area contributed by atoms with Crippen LogP contribution in [-0.2, 0) is 11.3 Å². The van der Waals surface area contributed by atoms with E-state index >= 15 is 0 Å². The second-order valence-corrected chi connectivity index (χ2v) is 7.82. The van der Waals surface area contributed by atoms with Crippen LogP contribution in [0.4, 0.5) is 0 Å². The highest BCUT2D eigenvalue weighted by molar-refractivity contribution is 5.79. The maximum absolute atomic E-state index is 6.19. The number of aryl methyl sites for hydroxylation is 1. The van der Waals surface area contributed by atoms with Gasteiger partial charge in [0.1, 0.15) is 11.9 Å². The van der Waals surface area contributed by atoms with Gasteiger partial charge in [-0.05, 0) is 44.5 Å². The molecule has 0 bridgehead atoms. The number of benzene rings is 1. The third kappa shape index (κ3) is 6.67. The van der Waals surface area contributed by atoms with Crippen molar-refractivity contribution in [2.75, 3.05) is 46.4 Å². The van der Waals surface area contributed by atoms with Crippen LogP contribution in [0.15, 0.2) is 23.2 Å². The monoisotopic (exact) mass is 388 g/mol. The molecule has 0 aliphatic carbocycles. The molecule has 0 spiro atoms. The fraction of sp³-hybridized carbons (Fsp3) is 0.682. The first-order valence-electron chi connectivity index (χ1n) is 10.8. The summed E-state index contributed by atoms with van der Waals surface area (Å²) >= 11 is 0. The van der Waals surface area contributed by atoms with Gasteiger partial charge in [0.15, 0.2) is 5.96 Å². The van der Waals surface area contributed by atoms with Crippen LogP contribution in [0.25, 0.3) is 0 Å². The van der Waals surface area contributed by atoms with Crippen molar-refractivity contribution in [3.63, 3.8) is 0 Å². The fourth-order valence-electron chi connectivity index (χ4n) is 3.79. The standard InChI is InChI=1S/C22H36N4O2/c1-18-7-8-19(21(15-18)28-20-9-14-27-17-20)16-25-22(23-2)24-10-13-26-11-5-3-4-6-12-26/h7-8,15,20H,3-6,9-14,16-17H2,1-2H3,(H2,23,24,25). The zero-order chi connectivity index (χ0) is 19.6. The molecule has 156 valence electrons. The molecule has 3 rings (SSSR count). The second-order valence-electron chi connectivity index (χ2n) is 7.82. The zero-order valence-corrected chi connectivity index (χ0v) is 17.5. The van der Waals surface area contributed by atoms with Gasteiger partial charge in [-0.3, -0.25) is 4.99 Å². The first kappa shape index (κ1) is 20.9. The van der Waals surface area contributed by atoms with E-state index in [0.29, 0.717) is 13.2 Å². The highest BCUT2D eigenvalue weighted by Gasteiger charge is 2.19. The van der Waals surface area contributed by atoms with Crippen molar-refractivity contribution in [2.24, 2.45) is 4.99 Å². The molecule has 0 aromatic heterocycles. The number of nitrogens with one attached hydrogen (secondary N) is 2. The van der Waals surface area contributed by atoms with E-state index in [-0.39, 0.29) is 6.10 Å². The molecule has 0 amide bonds. The minimum absolute atomic E-state index is 0.159. The molecule has 2 aliphatic heterocycles. The van der Waals surface area contributed by atoms with Gasteiger partial charge >= 0.3 is 0 Å². The van der Waals surface area contributed by atoms with Crippen molar-refractivity contribution in [1.82, 2.24) is 15.5 Å². The molecule has 2 fully saturated rings. The van der Waals surface area contributed by atoms with E-state index in [2.05, 4.69) is 45.6 Å². The largest absolute Gasteiger partial charge is 0.488 e. The van der Waals surface area contributed by atoms with Crippen LogP contribution in [-0.4, -0.2) is 63.4 Å². The summed E-state index contributed by atoms with van der Waals surface area (Å²) in [5.74, 6) is 1.79. The molecule has 2 N–H and O–H groups in total. The quantitative estimate of drug-likeness (QED) is 0.556. The summed E-state index contributed by atoms with van der Waals surface area (Å²) in [4.78, 5) is 6.93. The van der Waals surface area contributed by atoms with Crippen LogP contribution in [0.3, 0.4) is 0 Å². The van der Waals surface area contributed by atoms with Crippen LogP contribution < -0.4 is 15.4 Å². The Kier molecular flexibility index (Phi) is 8.42. The van der Waals surface area contributed by atoms with Gasteiger partial charge in [0.2, 0.25) is 0 Å². The van der Waals surface area contributed by atoms with Crippen molar-refractivity contribution < 1.29 is 9.47 Å². The van der Waals surface area contributed by atoms with E-state index in [4.69, 9.17) is 9.47 Å². The summed E-state index contributed by atoms with van der Waals surface area (Å²) < 4.78 is 11.6. The van der Waals surface area contributed by atoms with Crippen molar-refractivity contribution in [2.45, 2.75) is 51.7 Å². The topological polar surface area (TPSA) is 58.1 Å². The first-order chi connectivity index (χ1) is 13.7. The predicted molar refractivity (Wildman–Crippen MR) is 114 cm³/mol. The average molecular weight is 389 g/mol. The minimum atomic E-state index is 0.159. The summed E-state index contributed by atoms with van der Waals surface area (Å²) in [6.07, 6.45) is 6.53. The van der Waals surface area contributed by atoms with E-state index in [1.54, 1.807) is 0 Å². The SMILES string of the molecule is CN=C(NCCN1CCCCCC1)NCc1ccc(C)cc1OC1CCOC1. The van der Waals surface area contributed by atoms with E-state index in [0.717, 1.165) is 43.4 Å². The Labute approximate surface area is 169 Å². The van der Waals surface area contributed by atoms with Gasteiger partial charge in [-0.1, -0.05) is 25.0 Å². The zero-order valence-electron chi connectivity index (χ0n) is 17.5. The van der Waals surface area contributed by atoms with Crippen LogP contribution in [0.1, 0.15) is 43.2 Å². The number of guanidine groups is 1. The van der Waals surface area contributed by atoms with Crippen molar-refractivity contribution in [1.29, 1.82) is 0 Å². The number of aliphatic imine (C=N–C) groups is 1. The molecule has 1 aromatic rings. The Hall–Kier alpha value is -1.79. The Morgan fingerprint density at radius 1 is 1.21 bits per heavy atom. The molecule has 2 heterocycles. The summed E-state index contributed by atoms with van der Waals surface area (Å²) in [5, 5.41) is 6.88. The van der Waals surface area contributed by atoms with Gasteiger partial charge in [0.25, 0.3) is 0 Å². The normalized spacial score (nSPS) is 21.4. The molecule has 28 heavy (non-hydrogen) atoms. The number of rotatable bonds is 7. The summed E-state index contributed by atoms with van der Waals surface area (Å²) in [6.45, 7) is 8.69. The molecule has 0 radical (unpaired) electrons. The molecule has 1 unspecified atom stereocenters. The molecule has 0 saturated carbocycles. The third-order valence-corrected chi connectivity index (χ3v) is 5.49. The van der Waals surface area contributed by atoms with Crippen molar-refractivity contribution in [3.05, 3.63) is 29.3 Å². The van der Waals surface area contributed by atoms with Crippen molar-refractivity contribution >= 4 is 5.96 Å². The van der Waals surface area contributed by atoms with Gasteiger partial charge in [0, 0.05) is 38.7 Å². The van der Waals surface area contributed by atoms with Crippen LogP contribution >= 0.6 is 0 Å². The smallest absolute Gasteiger partial charge is 0.191 e. The number of nitrogens with zero attached hydrogens (tertiary/aromatic N) is 2. The molecular formula is C22H36N4O2. The number of hydrogen-bond donors (Lipinski definition) is 2. The van der Waals surface area contributed by atoms with Gasteiger partial charge in [-0.2, -0.15) is 0 Å². The maximum atomic E-state index is 6.19. The number of ether oxygens (including phenoxy) is 2. The number of hydrogen-bond acceptors (Lipinski definition) is 4. The molecule has 6 nitrogen and oxygen atoms in total. The Bertz CT molecular complexity index is 621. The summed E-state index contributed by atoms with van der Waals surface area (Å²) in [6, 6.07) is 6.38. The molecular weight excluding hydrogens is 352 g/mol. The van der Waals surface area contributed by atoms with Crippen molar-refractivity contribution in [3.8, 4) is 5.75 Å². The van der Waals surface area contributed by atoms with E-state index in [1.807, 2.05) is 7.05 Å². The Morgan fingerprint density at radius 2 is 2.04 bits per heavy atom. The lowest BCUT2D eigenvalue weighted by atomic mass is 10.1. The lowest BCUT2D eigenvalue weighted by molar-refractivity contribution is 0.140. The highest BCUT2D eigenvalue weighted by Crippen LogP contribution is 2.23. The van der Waals surface area contributed by atoms with Gasteiger partial charge in [0.05, 0.1) is 13.2 Å².